The van der Waals surface area contributed by atoms with Gasteiger partial charge in [-0.1, -0.05) is 17.3 Å². The molecule has 2 aliphatic rings. The summed E-state index contributed by atoms with van der Waals surface area (Å²) < 4.78 is 14.0. The summed E-state index contributed by atoms with van der Waals surface area (Å²) >= 11 is 0. The minimum atomic E-state index is -0.142. The number of hydrogen-bond acceptors (Lipinski definition) is 4. The quantitative estimate of drug-likeness (QED) is 0.313. The van der Waals surface area contributed by atoms with Gasteiger partial charge in [-0.25, -0.2) is 4.79 Å². The number of carbonyl (C=O) groups excluding carboxylic acids is 1. The van der Waals surface area contributed by atoms with Gasteiger partial charge in [0.15, 0.2) is 5.76 Å². The summed E-state index contributed by atoms with van der Waals surface area (Å²) in [6, 6.07) is 16.9. The van der Waals surface area contributed by atoms with Gasteiger partial charge in [0.25, 0.3) is 0 Å². The van der Waals surface area contributed by atoms with E-state index in [4.69, 9.17) is 9.26 Å². The molecule has 0 bridgehead atoms. The van der Waals surface area contributed by atoms with Crippen LogP contribution in [0.15, 0.2) is 59.3 Å². The highest BCUT2D eigenvalue weighted by molar-refractivity contribution is 6.04. The fourth-order valence-corrected chi connectivity index (χ4v) is 5.07. The van der Waals surface area contributed by atoms with Crippen LogP contribution in [0.2, 0.25) is 0 Å². The maximum absolute atomic E-state index is 12.3. The molecule has 180 valence electrons. The molecule has 4 aromatic rings. The fourth-order valence-electron chi connectivity index (χ4n) is 5.07. The molecule has 0 radical (unpaired) electrons. The van der Waals surface area contributed by atoms with E-state index in [1.807, 2.05) is 31.2 Å². The predicted octanol–water partition coefficient (Wildman–Crippen LogP) is 6.76. The molecule has 2 heterocycles. The third-order valence-corrected chi connectivity index (χ3v) is 7.27. The van der Waals surface area contributed by atoms with Crippen LogP contribution in [-0.4, -0.2) is 28.4 Å². The molecule has 7 nitrogen and oxygen atoms in total. The molecule has 2 aromatic heterocycles. The lowest BCUT2D eigenvalue weighted by Crippen LogP contribution is -2.41. The van der Waals surface area contributed by atoms with Gasteiger partial charge < -0.3 is 24.5 Å². The Balaban J connectivity index is 1.43. The summed E-state index contributed by atoms with van der Waals surface area (Å²) in [5.41, 5.74) is 5.14. The number of urea groups is 1. The van der Waals surface area contributed by atoms with E-state index in [0.29, 0.717) is 18.7 Å². The number of hydrogen-bond donors (Lipinski definition) is 2. The number of aromatic nitrogens is 2. The first kappa shape index (κ1) is 21.8. The van der Waals surface area contributed by atoms with E-state index in [0.717, 1.165) is 70.6 Å². The van der Waals surface area contributed by atoms with E-state index < -0.39 is 0 Å². The lowest BCUT2D eigenvalue weighted by atomic mass is 9.92. The Morgan fingerprint density at radius 1 is 1.09 bits per heavy atom. The van der Waals surface area contributed by atoms with Crippen molar-refractivity contribution in [3.63, 3.8) is 0 Å². The highest BCUT2D eigenvalue weighted by Gasteiger charge is 2.29. The largest absolute Gasteiger partial charge is 0.494 e. The van der Waals surface area contributed by atoms with Gasteiger partial charge >= 0.3 is 6.03 Å². The number of carbonyl (C=O) groups is 1. The average molecular weight is 471 g/mol. The van der Waals surface area contributed by atoms with E-state index in [9.17, 15) is 4.79 Å². The number of fused-ring (bicyclic) bond motifs is 1. The highest BCUT2D eigenvalue weighted by atomic mass is 16.5. The van der Waals surface area contributed by atoms with Gasteiger partial charge in [0.1, 0.15) is 5.75 Å². The molecule has 2 N–H and O–H groups in total. The zero-order valence-corrected chi connectivity index (χ0v) is 19.9. The SMILES string of the molecule is CCOc1ccc2c(-c3ccno3)c(-c3ccc(NC(=O)NC4CCC4)cc3)n(C3CCC3)c2c1. The van der Waals surface area contributed by atoms with E-state index >= 15 is 0 Å². The average Bonchev–Trinajstić information content (AvgIpc) is 3.43. The first-order valence-corrected chi connectivity index (χ1v) is 12.6. The monoisotopic (exact) mass is 470 g/mol. The minimum Gasteiger partial charge on any atom is -0.494 e. The highest BCUT2D eigenvalue weighted by Crippen LogP contribution is 2.47. The summed E-state index contributed by atoms with van der Waals surface area (Å²) in [6.07, 6.45) is 8.52. The maximum atomic E-state index is 12.3. The topological polar surface area (TPSA) is 81.3 Å². The Morgan fingerprint density at radius 3 is 2.51 bits per heavy atom. The summed E-state index contributed by atoms with van der Waals surface area (Å²) in [7, 11) is 0. The zero-order chi connectivity index (χ0) is 23.8. The van der Waals surface area contributed by atoms with Crippen molar-refractivity contribution in [1.82, 2.24) is 15.0 Å². The van der Waals surface area contributed by atoms with Crippen LogP contribution in [0, 0.1) is 0 Å². The lowest BCUT2D eigenvalue weighted by molar-refractivity contribution is 0.240. The molecular formula is C28H30N4O3. The molecule has 2 aliphatic carbocycles. The number of benzene rings is 2. The minimum absolute atomic E-state index is 0.142. The van der Waals surface area contributed by atoms with Crippen molar-refractivity contribution in [3.8, 4) is 28.3 Å². The molecule has 35 heavy (non-hydrogen) atoms. The first-order chi connectivity index (χ1) is 17.2. The van der Waals surface area contributed by atoms with Crippen LogP contribution in [0.5, 0.6) is 5.75 Å². The molecule has 2 saturated carbocycles. The molecule has 2 aromatic carbocycles. The van der Waals surface area contributed by atoms with Gasteiger partial charge in [0.05, 0.1) is 29.6 Å². The summed E-state index contributed by atoms with van der Waals surface area (Å²) in [6.45, 7) is 2.63. The summed E-state index contributed by atoms with van der Waals surface area (Å²) in [4.78, 5) is 12.3. The molecule has 2 fully saturated rings. The second-order valence-electron chi connectivity index (χ2n) is 9.47. The molecule has 7 heteroatoms. The number of amides is 2. The normalized spacial score (nSPS) is 16.0. The van der Waals surface area contributed by atoms with Crippen LogP contribution >= 0.6 is 0 Å². The number of rotatable bonds is 7. The lowest BCUT2D eigenvalue weighted by Gasteiger charge is -2.30. The van der Waals surface area contributed by atoms with Crippen LogP contribution < -0.4 is 15.4 Å². The standard InChI is InChI=1S/C28H30N4O3/c1-2-34-22-13-14-23-24(17-22)32(21-7-4-8-21)27(26(23)25-15-16-29-35-25)18-9-11-20(12-10-18)31-28(33)30-19-5-3-6-19/h9-17,19,21H,2-8H2,1H3,(H2,30,31,33). The Kier molecular flexibility index (Phi) is 5.68. The Bertz CT molecular complexity index is 1330. The number of ether oxygens (including phenoxy) is 1. The van der Waals surface area contributed by atoms with Gasteiger partial charge in [-0.2, -0.15) is 0 Å². The molecule has 6 rings (SSSR count). The van der Waals surface area contributed by atoms with E-state index in [1.165, 1.54) is 12.8 Å². The van der Waals surface area contributed by atoms with Crippen molar-refractivity contribution in [3.05, 3.63) is 54.7 Å². The fraction of sp³-hybridized carbons (Fsp3) is 0.357. The summed E-state index contributed by atoms with van der Waals surface area (Å²) in [5.74, 6) is 1.61. The first-order valence-electron chi connectivity index (χ1n) is 12.6. The second-order valence-corrected chi connectivity index (χ2v) is 9.47. The van der Waals surface area contributed by atoms with Gasteiger partial charge in [-0.15, -0.1) is 0 Å². The van der Waals surface area contributed by atoms with Crippen LogP contribution in [0.25, 0.3) is 33.5 Å². The van der Waals surface area contributed by atoms with Crippen LogP contribution in [0.4, 0.5) is 10.5 Å². The molecule has 0 saturated heterocycles. The zero-order valence-electron chi connectivity index (χ0n) is 19.9. The van der Waals surface area contributed by atoms with Crippen molar-refractivity contribution in [2.45, 2.75) is 57.5 Å². The number of anilines is 1. The smallest absolute Gasteiger partial charge is 0.319 e. The molecule has 2 amide bonds. The molecule has 0 spiro atoms. The van der Waals surface area contributed by atoms with Crippen LogP contribution in [-0.2, 0) is 0 Å². The number of nitrogens with one attached hydrogen (secondary N) is 2. The molecular weight excluding hydrogens is 440 g/mol. The van der Waals surface area contributed by atoms with Crippen LogP contribution in [0.3, 0.4) is 0 Å². The van der Waals surface area contributed by atoms with Gasteiger partial charge in [-0.05, 0) is 75.3 Å². The van der Waals surface area contributed by atoms with Crippen molar-refractivity contribution >= 4 is 22.6 Å². The Labute approximate surface area is 204 Å². The van der Waals surface area contributed by atoms with Gasteiger partial charge in [0, 0.05) is 35.3 Å². The van der Waals surface area contributed by atoms with Gasteiger partial charge in [0.2, 0.25) is 0 Å². The summed E-state index contributed by atoms with van der Waals surface area (Å²) in [5, 5.41) is 11.1. The van der Waals surface area contributed by atoms with Crippen molar-refractivity contribution < 1.29 is 14.1 Å². The van der Waals surface area contributed by atoms with Crippen LogP contribution in [0.1, 0.15) is 51.5 Å². The Hall–Kier alpha value is -3.74. The molecule has 0 unspecified atom stereocenters. The molecule has 0 aliphatic heterocycles. The van der Waals surface area contributed by atoms with E-state index in [1.54, 1.807) is 6.20 Å². The Morgan fingerprint density at radius 2 is 1.89 bits per heavy atom. The van der Waals surface area contributed by atoms with E-state index in [-0.39, 0.29) is 6.03 Å². The van der Waals surface area contributed by atoms with Gasteiger partial charge in [-0.3, -0.25) is 0 Å². The number of nitrogens with zero attached hydrogens (tertiary/aromatic N) is 2. The maximum Gasteiger partial charge on any atom is 0.319 e. The van der Waals surface area contributed by atoms with Crippen molar-refractivity contribution in [2.24, 2.45) is 0 Å². The molecule has 0 atom stereocenters. The predicted molar refractivity (Wildman–Crippen MR) is 137 cm³/mol. The van der Waals surface area contributed by atoms with E-state index in [2.05, 4.69) is 44.6 Å². The second kappa shape index (κ2) is 9.13. The van der Waals surface area contributed by atoms with Crippen molar-refractivity contribution in [1.29, 1.82) is 0 Å². The third kappa shape index (κ3) is 4.05. The third-order valence-electron chi connectivity index (χ3n) is 7.27. The van der Waals surface area contributed by atoms with Crippen molar-refractivity contribution in [2.75, 3.05) is 11.9 Å².